The second-order valence-electron chi connectivity index (χ2n) is 18.3. The maximum absolute atomic E-state index is 3.34. The minimum absolute atomic E-state index is 0. The van der Waals surface area contributed by atoms with Gasteiger partial charge in [-0.2, -0.15) is 0 Å². The molecule has 8 aromatic rings. The van der Waals surface area contributed by atoms with Crippen LogP contribution in [0.3, 0.4) is 0 Å². The minimum atomic E-state index is 0. The van der Waals surface area contributed by atoms with Crippen LogP contribution in [0.2, 0.25) is 0 Å². The zero-order valence-electron chi connectivity index (χ0n) is 37.0. The van der Waals surface area contributed by atoms with Crippen LogP contribution in [0.15, 0.2) is 146 Å². The Kier molecular flexibility index (Phi) is 21.6. The number of hydrogen-bond acceptors (Lipinski definition) is 0. The summed E-state index contributed by atoms with van der Waals surface area (Å²) in [6.07, 6.45) is 0. The SMILES string of the molecule is CC(C)(C)c1c[cH-]c2ccccc12.CC(C)(C)c1c[cH-]c2ccccc12.CC(C)(C)c1c[cH-]c2ccccc12.CC(C)(C)c1c[cH-]c2ccccc12.[CH2]=[Zr+2].[CH2]=[Zr+2].[Cl-].[Cl-]. The molecule has 0 amide bonds. The van der Waals surface area contributed by atoms with Crippen molar-refractivity contribution in [2.24, 2.45) is 0 Å². The quantitative estimate of drug-likeness (QED) is 0.133. The summed E-state index contributed by atoms with van der Waals surface area (Å²) in [6.45, 7) is 27.1. The molecule has 0 nitrogen and oxygen atoms in total. The smallest absolute Gasteiger partial charge is 1.00 e. The molecule has 0 spiro atoms. The Morgan fingerprint density at radius 1 is 0.310 bits per heavy atom. The molecule has 0 fully saturated rings. The van der Waals surface area contributed by atoms with Gasteiger partial charge in [0, 0.05) is 0 Å². The first-order valence-electron chi connectivity index (χ1n) is 19.7. The molecule has 0 saturated heterocycles. The van der Waals surface area contributed by atoms with Crippen LogP contribution in [0, 0.1) is 0 Å². The number of rotatable bonds is 0. The van der Waals surface area contributed by atoms with Crippen LogP contribution in [-0.2, 0) is 70.1 Å². The summed E-state index contributed by atoms with van der Waals surface area (Å²) < 4.78 is 6.68. The van der Waals surface area contributed by atoms with E-state index in [0.717, 1.165) is 0 Å². The molecule has 8 rings (SSSR count). The van der Waals surface area contributed by atoms with Gasteiger partial charge in [0.1, 0.15) is 0 Å². The van der Waals surface area contributed by atoms with Gasteiger partial charge in [0.05, 0.1) is 0 Å². The third-order valence-corrected chi connectivity index (χ3v) is 9.95. The summed E-state index contributed by atoms with van der Waals surface area (Å²) >= 11 is 2.60. The van der Waals surface area contributed by atoms with Crippen LogP contribution < -0.4 is 24.8 Å². The van der Waals surface area contributed by atoms with E-state index in [9.17, 15) is 0 Å². The van der Waals surface area contributed by atoms with Gasteiger partial charge in [0.25, 0.3) is 0 Å². The van der Waals surface area contributed by atoms with Crippen molar-refractivity contribution < 1.29 is 73.3 Å². The van der Waals surface area contributed by atoms with Crippen LogP contribution in [0.5, 0.6) is 0 Å². The van der Waals surface area contributed by atoms with Gasteiger partial charge in [-0.25, -0.2) is 0 Å². The fourth-order valence-electron chi connectivity index (χ4n) is 7.22. The Labute approximate surface area is 393 Å². The van der Waals surface area contributed by atoms with Crippen molar-refractivity contribution in [3.05, 3.63) is 168 Å². The van der Waals surface area contributed by atoms with Crippen molar-refractivity contribution in [3.8, 4) is 0 Å². The van der Waals surface area contributed by atoms with E-state index < -0.39 is 0 Å². The standard InChI is InChI=1S/4C13H15.2CH2.2ClH.2Zr/c4*1-13(2,3)12-9-8-10-6-4-5-7-11(10)12;;;;;;/h4*4-9H,1-3H3;2*1H2;2*1H;;/q4*-1;;;;;2*+2/p-2. The molecule has 0 aromatic heterocycles. The van der Waals surface area contributed by atoms with Crippen LogP contribution in [-0.4, -0.2) is 8.42 Å². The fourth-order valence-corrected chi connectivity index (χ4v) is 7.22. The van der Waals surface area contributed by atoms with Crippen molar-refractivity contribution in [2.75, 3.05) is 0 Å². The normalized spacial score (nSPS) is 11.2. The maximum atomic E-state index is 3.34. The first kappa shape index (κ1) is 53.4. The molecule has 0 bridgehead atoms. The predicted octanol–water partition coefficient (Wildman–Crippen LogP) is 9.36. The second kappa shape index (κ2) is 23.4. The van der Waals surface area contributed by atoms with E-state index in [1.807, 2.05) is 0 Å². The largest absolute Gasteiger partial charge is 1.00 e. The van der Waals surface area contributed by atoms with Gasteiger partial charge in [-0.15, -0.1) is 187 Å². The summed E-state index contributed by atoms with van der Waals surface area (Å²) in [6, 6.07) is 52.1. The Morgan fingerprint density at radius 2 is 0.466 bits per heavy atom. The molecule has 0 saturated carbocycles. The molecule has 8 aromatic carbocycles. The molecule has 58 heavy (non-hydrogen) atoms. The Hall–Kier alpha value is -2.59. The van der Waals surface area contributed by atoms with E-state index in [1.54, 1.807) is 0 Å². The van der Waals surface area contributed by atoms with E-state index in [4.69, 9.17) is 0 Å². The van der Waals surface area contributed by atoms with E-state index >= 15 is 0 Å². The molecule has 0 N–H and O–H groups in total. The van der Waals surface area contributed by atoms with Crippen LogP contribution in [0.25, 0.3) is 43.1 Å². The zero-order chi connectivity index (χ0) is 41.9. The van der Waals surface area contributed by atoms with Gasteiger partial charge < -0.3 is 24.8 Å². The monoisotopic (exact) mass is 962 g/mol. The van der Waals surface area contributed by atoms with Crippen LogP contribution in [0.1, 0.15) is 105 Å². The number of hydrogen-bond donors (Lipinski definition) is 0. The Bertz CT molecular complexity index is 2050. The maximum Gasteiger partial charge on any atom is -1.00 e. The molecular formula is C54H64Cl2Zr2-2. The van der Waals surface area contributed by atoms with Crippen LogP contribution >= 0.6 is 0 Å². The van der Waals surface area contributed by atoms with Crippen molar-refractivity contribution >= 4 is 51.5 Å². The predicted molar refractivity (Wildman–Crippen MR) is 247 cm³/mol. The first-order valence-corrected chi connectivity index (χ1v) is 23.1. The number of benzene rings is 4. The molecule has 0 aliphatic rings. The number of halogens is 2. The summed E-state index contributed by atoms with van der Waals surface area (Å²) in [4.78, 5) is 0. The van der Waals surface area contributed by atoms with Crippen molar-refractivity contribution in [1.29, 1.82) is 0 Å². The molecular weight excluding hydrogens is 902 g/mol. The first-order chi connectivity index (χ1) is 26.4. The number of fused-ring (bicyclic) bond motifs is 4. The summed E-state index contributed by atoms with van der Waals surface area (Å²) in [5.41, 5.74) is 6.80. The Morgan fingerprint density at radius 3 is 0.621 bits per heavy atom. The molecule has 4 heteroatoms. The molecule has 0 aliphatic heterocycles. The summed E-state index contributed by atoms with van der Waals surface area (Å²) in [5.74, 6) is 0. The van der Waals surface area contributed by atoms with E-state index in [1.165, 1.54) is 114 Å². The van der Waals surface area contributed by atoms with Crippen molar-refractivity contribution in [3.63, 3.8) is 0 Å². The van der Waals surface area contributed by atoms with E-state index in [2.05, 4.69) is 237 Å². The third kappa shape index (κ3) is 14.3. The van der Waals surface area contributed by atoms with Gasteiger partial charge in [-0.05, 0) is 0 Å². The summed E-state index contributed by atoms with van der Waals surface area (Å²) in [7, 11) is 0. The molecule has 0 atom stereocenters. The van der Waals surface area contributed by atoms with E-state index in [-0.39, 0.29) is 46.5 Å². The van der Waals surface area contributed by atoms with Crippen molar-refractivity contribution in [2.45, 2.75) is 105 Å². The average molecular weight is 966 g/mol. The second-order valence-corrected chi connectivity index (χ2v) is 18.3. The third-order valence-electron chi connectivity index (χ3n) is 9.95. The topological polar surface area (TPSA) is 0 Å². The summed E-state index contributed by atoms with van der Waals surface area (Å²) in [5, 5.41) is 11.0. The van der Waals surface area contributed by atoms with E-state index in [0.29, 0.717) is 0 Å². The molecule has 0 heterocycles. The Balaban J connectivity index is 0.000000371. The van der Waals surface area contributed by atoms with Gasteiger partial charge in [-0.3, -0.25) is 0 Å². The molecule has 0 unspecified atom stereocenters. The van der Waals surface area contributed by atoms with Crippen LogP contribution in [0.4, 0.5) is 0 Å². The average Bonchev–Trinajstić information content (AvgIpc) is 3.97. The van der Waals surface area contributed by atoms with Gasteiger partial charge in [0.15, 0.2) is 0 Å². The zero-order valence-corrected chi connectivity index (χ0v) is 43.5. The van der Waals surface area contributed by atoms with Gasteiger partial charge in [-0.1, -0.05) is 129 Å². The minimum Gasteiger partial charge on any atom is -1.00 e. The van der Waals surface area contributed by atoms with Crippen molar-refractivity contribution in [1.82, 2.24) is 0 Å². The molecule has 304 valence electrons. The van der Waals surface area contributed by atoms with Gasteiger partial charge in [0.2, 0.25) is 0 Å². The molecule has 0 aliphatic carbocycles. The molecule has 0 radical (unpaired) electrons. The van der Waals surface area contributed by atoms with Gasteiger partial charge >= 0.3 is 56.9 Å². The fraction of sp³-hybridized carbons (Fsp3) is 0.296.